The third-order valence-corrected chi connectivity index (χ3v) is 7.24. The van der Waals surface area contributed by atoms with Crippen molar-refractivity contribution in [2.24, 2.45) is 0 Å². The highest BCUT2D eigenvalue weighted by molar-refractivity contribution is 7.99. The van der Waals surface area contributed by atoms with Crippen LogP contribution in [0.1, 0.15) is 43.2 Å². The molecule has 0 atom stereocenters. The van der Waals surface area contributed by atoms with Gasteiger partial charge in [-0.1, -0.05) is 79.6 Å². The molecule has 0 radical (unpaired) electrons. The molecule has 3 aromatic rings. The van der Waals surface area contributed by atoms with Crippen molar-refractivity contribution in [3.63, 3.8) is 0 Å². The van der Waals surface area contributed by atoms with Crippen molar-refractivity contribution in [3.8, 4) is 0 Å². The summed E-state index contributed by atoms with van der Waals surface area (Å²) in [7, 11) is 0. The van der Waals surface area contributed by atoms with Gasteiger partial charge in [-0.05, 0) is 60.7 Å². The monoisotopic (exact) mass is 488 g/mol. The lowest BCUT2D eigenvalue weighted by atomic mass is 9.96. The Hall–Kier alpha value is -3.25. The van der Waals surface area contributed by atoms with Crippen molar-refractivity contribution in [2.75, 3.05) is 11.4 Å². The van der Waals surface area contributed by atoms with Gasteiger partial charge < -0.3 is 10.4 Å². The van der Waals surface area contributed by atoms with Gasteiger partial charge in [-0.3, -0.25) is 9.69 Å². The second kappa shape index (κ2) is 12.5. The highest BCUT2D eigenvalue weighted by atomic mass is 32.2. The fourth-order valence-electron chi connectivity index (χ4n) is 4.48. The minimum atomic E-state index is -0.841. The van der Waals surface area contributed by atoms with Crippen molar-refractivity contribution >= 4 is 29.4 Å². The Kier molecular flexibility index (Phi) is 8.85. The van der Waals surface area contributed by atoms with Crippen molar-refractivity contribution in [1.82, 2.24) is 5.32 Å². The number of benzene rings is 3. The van der Waals surface area contributed by atoms with Crippen molar-refractivity contribution in [3.05, 3.63) is 90.0 Å². The number of hydrogen-bond acceptors (Lipinski definition) is 3. The smallest absolute Gasteiger partial charge is 0.322 e. The molecule has 0 saturated heterocycles. The summed E-state index contributed by atoms with van der Waals surface area (Å²) in [4.78, 5) is 28.3. The minimum absolute atomic E-state index is 0.00302. The molecule has 0 heterocycles. The summed E-state index contributed by atoms with van der Waals surface area (Å²) in [6.07, 6.45) is 6.44. The molecule has 0 aliphatic heterocycles. The summed E-state index contributed by atoms with van der Waals surface area (Å²) >= 11 is 1.57. The van der Waals surface area contributed by atoms with Crippen LogP contribution in [0, 0.1) is 0 Å². The quantitative estimate of drug-likeness (QED) is 0.358. The van der Waals surface area contributed by atoms with E-state index in [1.807, 2.05) is 71.6 Å². The molecule has 0 aromatic heterocycles. The first-order valence-corrected chi connectivity index (χ1v) is 13.1. The number of amides is 2. The van der Waals surface area contributed by atoms with Crippen LogP contribution in [0.15, 0.2) is 88.7 Å². The van der Waals surface area contributed by atoms with E-state index in [1.54, 1.807) is 11.8 Å². The van der Waals surface area contributed by atoms with Crippen LogP contribution < -0.4 is 10.2 Å². The van der Waals surface area contributed by atoms with Gasteiger partial charge >= 0.3 is 12.0 Å². The normalized spacial score (nSPS) is 13.8. The Balaban J connectivity index is 1.52. The zero-order chi connectivity index (χ0) is 24.5. The molecule has 1 saturated carbocycles. The average molecular weight is 489 g/mol. The summed E-state index contributed by atoms with van der Waals surface area (Å²) in [6, 6.07) is 26.1. The molecule has 2 N–H and O–H groups in total. The SMILES string of the molecule is O=C(O)Cc1cccc(Sc2cccc(N(CCc3ccccc3)C(=O)NC3CCCCC3)c2)c1. The number of urea groups is 1. The average Bonchev–Trinajstić information content (AvgIpc) is 2.85. The highest BCUT2D eigenvalue weighted by Crippen LogP contribution is 2.31. The maximum Gasteiger partial charge on any atom is 0.322 e. The third kappa shape index (κ3) is 7.62. The number of rotatable bonds is 9. The first-order valence-electron chi connectivity index (χ1n) is 12.3. The molecule has 182 valence electrons. The largest absolute Gasteiger partial charge is 0.481 e. The van der Waals surface area contributed by atoms with Gasteiger partial charge in [0.15, 0.2) is 0 Å². The molecule has 1 aliphatic rings. The van der Waals surface area contributed by atoms with Crippen molar-refractivity contribution < 1.29 is 14.7 Å². The fraction of sp³-hybridized carbons (Fsp3) is 0.310. The zero-order valence-electron chi connectivity index (χ0n) is 19.9. The number of carboxylic acids is 1. The van der Waals surface area contributed by atoms with E-state index in [1.165, 1.54) is 24.8 Å². The Bertz CT molecular complexity index is 1130. The molecule has 6 heteroatoms. The second-order valence-corrected chi connectivity index (χ2v) is 10.1. The second-order valence-electron chi connectivity index (χ2n) is 8.99. The van der Waals surface area contributed by atoms with Crippen LogP contribution in [0.3, 0.4) is 0 Å². The van der Waals surface area contributed by atoms with Crippen LogP contribution >= 0.6 is 11.8 Å². The molecule has 1 aliphatic carbocycles. The number of aliphatic carboxylic acids is 1. The minimum Gasteiger partial charge on any atom is -0.481 e. The molecule has 1 fully saturated rings. The Morgan fingerprint density at radius 2 is 1.54 bits per heavy atom. The molecule has 0 unspecified atom stereocenters. The Labute approximate surface area is 211 Å². The van der Waals surface area contributed by atoms with Gasteiger partial charge in [0.2, 0.25) is 0 Å². The van der Waals surface area contributed by atoms with Gasteiger partial charge in [-0.25, -0.2) is 4.79 Å². The number of carbonyl (C=O) groups excluding carboxylic acids is 1. The van der Waals surface area contributed by atoms with Gasteiger partial charge in [0, 0.05) is 28.1 Å². The summed E-state index contributed by atoms with van der Waals surface area (Å²) < 4.78 is 0. The van der Waals surface area contributed by atoms with E-state index in [-0.39, 0.29) is 18.5 Å². The Morgan fingerprint density at radius 3 is 2.29 bits per heavy atom. The Morgan fingerprint density at radius 1 is 0.857 bits per heavy atom. The van der Waals surface area contributed by atoms with E-state index in [4.69, 9.17) is 5.11 Å². The number of anilines is 1. The lowest BCUT2D eigenvalue weighted by Crippen LogP contribution is -2.46. The van der Waals surface area contributed by atoms with E-state index in [0.29, 0.717) is 6.54 Å². The van der Waals surface area contributed by atoms with Crippen LogP contribution in [0.2, 0.25) is 0 Å². The number of nitrogens with one attached hydrogen (secondary N) is 1. The standard InChI is InChI=1S/C29H32N2O3S/c32-28(33)20-23-11-7-15-26(19-23)35-27-16-8-14-25(21-27)31(18-17-22-9-3-1-4-10-22)29(34)30-24-12-5-2-6-13-24/h1,3-4,7-11,14-16,19,21,24H,2,5-6,12-13,17-18,20H2,(H,30,34)(H,32,33). The fourth-order valence-corrected chi connectivity index (χ4v) is 5.43. The predicted molar refractivity (Wildman–Crippen MR) is 141 cm³/mol. The van der Waals surface area contributed by atoms with Crippen LogP contribution in [0.4, 0.5) is 10.5 Å². The molecule has 4 rings (SSSR count). The van der Waals surface area contributed by atoms with Crippen LogP contribution in [0.25, 0.3) is 0 Å². The van der Waals surface area contributed by atoms with Crippen LogP contribution in [-0.4, -0.2) is 29.7 Å². The molecular weight excluding hydrogens is 456 g/mol. The first-order chi connectivity index (χ1) is 17.1. The molecule has 0 bridgehead atoms. The maximum atomic E-state index is 13.4. The van der Waals surface area contributed by atoms with Gasteiger partial charge in [-0.15, -0.1) is 0 Å². The van der Waals surface area contributed by atoms with Gasteiger partial charge in [0.25, 0.3) is 0 Å². The lowest BCUT2D eigenvalue weighted by Gasteiger charge is -2.29. The summed E-state index contributed by atoms with van der Waals surface area (Å²) in [6.45, 7) is 0.588. The van der Waals surface area contributed by atoms with Crippen molar-refractivity contribution in [1.29, 1.82) is 0 Å². The van der Waals surface area contributed by atoms with Gasteiger partial charge in [-0.2, -0.15) is 0 Å². The molecule has 3 aromatic carbocycles. The maximum absolute atomic E-state index is 13.4. The number of carbonyl (C=O) groups is 2. The first kappa shape index (κ1) is 24.9. The number of nitrogens with zero attached hydrogens (tertiary/aromatic N) is 1. The molecule has 0 spiro atoms. The van der Waals surface area contributed by atoms with E-state index < -0.39 is 5.97 Å². The van der Waals surface area contributed by atoms with Gasteiger partial charge in [0.1, 0.15) is 0 Å². The predicted octanol–water partition coefficient (Wildman–Crippen LogP) is 6.56. The van der Waals surface area contributed by atoms with Crippen LogP contribution in [-0.2, 0) is 17.6 Å². The molecule has 35 heavy (non-hydrogen) atoms. The molecule has 2 amide bonds. The third-order valence-electron chi connectivity index (χ3n) is 6.26. The molecular formula is C29H32N2O3S. The zero-order valence-corrected chi connectivity index (χ0v) is 20.7. The van der Waals surface area contributed by atoms with E-state index in [2.05, 4.69) is 17.4 Å². The summed E-state index contributed by atoms with van der Waals surface area (Å²) in [5, 5.41) is 12.4. The van der Waals surface area contributed by atoms with Gasteiger partial charge in [0.05, 0.1) is 6.42 Å². The number of carboxylic acid groups (broad SMARTS) is 1. The van der Waals surface area contributed by atoms with E-state index in [0.717, 1.165) is 40.3 Å². The van der Waals surface area contributed by atoms with E-state index in [9.17, 15) is 9.59 Å². The van der Waals surface area contributed by atoms with Crippen molar-refractivity contribution in [2.45, 2.75) is 60.8 Å². The summed E-state index contributed by atoms with van der Waals surface area (Å²) in [5.74, 6) is -0.841. The van der Waals surface area contributed by atoms with Crippen LogP contribution in [0.5, 0.6) is 0 Å². The van der Waals surface area contributed by atoms with E-state index >= 15 is 0 Å². The highest BCUT2D eigenvalue weighted by Gasteiger charge is 2.21. The number of hydrogen-bond donors (Lipinski definition) is 2. The molecule has 5 nitrogen and oxygen atoms in total. The topological polar surface area (TPSA) is 69.6 Å². The summed E-state index contributed by atoms with van der Waals surface area (Å²) in [5.41, 5.74) is 2.83. The lowest BCUT2D eigenvalue weighted by molar-refractivity contribution is -0.136.